The van der Waals surface area contributed by atoms with Crippen LogP contribution in [0.2, 0.25) is 10.0 Å². The van der Waals surface area contributed by atoms with Crippen LogP contribution >= 0.6 is 23.2 Å². The fraction of sp³-hybridized carbons (Fsp3) is 0.545. The Hall–Kier alpha value is -4.52. The van der Waals surface area contributed by atoms with Gasteiger partial charge in [0.05, 0.1) is 11.0 Å². The minimum Gasteiger partial charge on any atom is -0.451 e. The van der Waals surface area contributed by atoms with Gasteiger partial charge in [-0.05, 0) is 37.1 Å². The first-order valence-corrected chi connectivity index (χ1v) is 30.8. The lowest BCUT2D eigenvalue weighted by molar-refractivity contribution is 0.451. The highest BCUT2D eigenvalue weighted by atomic mass is 35.5. The summed E-state index contributed by atoms with van der Waals surface area (Å²) in [5.41, 5.74) is 6.20. The molecular formula is C66H86Cl2N4O2. The number of rotatable bonds is 34. The molecule has 0 aliphatic carbocycles. The molecule has 8 heteroatoms. The van der Waals surface area contributed by atoms with E-state index >= 15 is 0 Å². The molecule has 2 aliphatic heterocycles. The third kappa shape index (κ3) is 13.3. The maximum atomic E-state index is 7.29. The molecule has 4 heterocycles. The SMILES string of the molecule is CCCCCCCCCCCCCCCCCCn1c2ccccc2c2cc3c(cc21)Oc1c(Cl)c2c(c(Cl)c1=N3)Oc1cc3c(cc1N=2)c1ccccc1n3CCCCCCCCCCCCCCCCCC. The van der Waals surface area contributed by atoms with Crippen molar-refractivity contribution in [2.45, 2.75) is 232 Å². The highest BCUT2D eigenvalue weighted by Gasteiger charge is 2.29. The van der Waals surface area contributed by atoms with Gasteiger partial charge in [-0.15, -0.1) is 0 Å². The summed E-state index contributed by atoms with van der Waals surface area (Å²) in [6, 6.07) is 26.0. The van der Waals surface area contributed by atoms with Gasteiger partial charge in [-0.1, -0.05) is 266 Å². The van der Waals surface area contributed by atoms with E-state index in [1.165, 1.54) is 214 Å². The first-order chi connectivity index (χ1) is 36.6. The molecule has 0 saturated carbocycles. The number of hydrogen-bond donors (Lipinski definition) is 0. The summed E-state index contributed by atoms with van der Waals surface area (Å²) >= 11 is 14.6. The van der Waals surface area contributed by atoms with Crippen molar-refractivity contribution in [2.24, 2.45) is 9.98 Å². The molecule has 0 bridgehead atoms. The number of ether oxygens (including phenoxy) is 2. The largest absolute Gasteiger partial charge is 0.451 e. The molecule has 2 aliphatic rings. The van der Waals surface area contributed by atoms with Gasteiger partial charge in [-0.2, -0.15) is 0 Å². The lowest BCUT2D eigenvalue weighted by Gasteiger charge is -2.21. The molecule has 7 aromatic rings. The summed E-state index contributed by atoms with van der Waals surface area (Å²) in [5.74, 6) is 2.15. The van der Waals surface area contributed by atoms with E-state index < -0.39 is 0 Å². The van der Waals surface area contributed by atoms with E-state index in [2.05, 4.69) is 95.8 Å². The van der Waals surface area contributed by atoms with Crippen LogP contribution in [0.4, 0.5) is 11.4 Å². The number of nitrogens with zero attached hydrogens (tertiary/aromatic N) is 4. The third-order valence-electron chi connectivity index (χ3n) is 16.3. The van der Waals surface area contributed by atoms with Gasteiger partial charge in [0, 0.05) is 57.8 Å². The standard InChI is InChI=1S/C66H86Cl2N4O2/c1-3-5-7-9-11-13-15-17-19-21-23-25-27-29-31-37-43-71-55-41-35-33-39-49(55)51-45-53-59(47-57(51)71)73-65-61(67)64-66(62(68)63(65)69-53)74-60-48-58-52(46-54(60)70-64)50-40-34-36-42-56(50)72(58)44-38-32-30-28-26-24-22-20-18-16-14-12-10-8-6-4-2/h33-36,39-42,45-48H,3-32,37-38,43-44H2,1-2H3. The topological polar surface area (TPSA) is 53.0 Å². The Kier molecular flexibility index (Phi) is 20.6. The fourth-order valence-corrected chi connectivity index (χ4v) is 12.6. The molecule has 0 N–H and O–H groups in total. The second kappa shape index (κ2) is 28.0. The fourth-order valence-electron chi connectivity index (χ4n) is 12.1. The highest BCUT2D eigenvalue weighted by Crippen LogP contribution is 2.47. The van der Waals surface area contributed by atoms with Crippen LogP contribution in [0.1, 0.15) is 219 Å². The van der Waals surface area contributed by atoms with Crippen molar-refractivity contribution in [3.05, 3.63) is 93.6 Å². The average molecular weight is 1040 g/mol. The Morgan fingerprint density at radius 1 is 0.351 bits per heavy atom. The molecule has 74 heavy (non-hydrogen) atoms. The molecular weight excluding hydrogens is 952 g/mol. The average Bonchev–Trinajstić information content (AvgIpc) is 3.90. The van der Waals surface area contributed by atoms with Crippen molar-refractivity contribution in [3.63, 3.8) is 0 Å². The number of unbranched alkanes of at least 4 members (excludes halogenated alkanes) is 30. The first-order valence-electron chi connectivity index (χ1n) is 30.0. The quantitative estimate of drug-likeness (QED) is 0.0378. The molecule has 396 valence electrons. The van der Waals surface area contributed by atoms with Gasteiger partial charge in [0.2, 0.25) is 0 Å². The molecule has 0 saturated heterocycles. The molecule has 9 rings (SSSR count). The van der Waals surface area contributed by atoms with Crippen LogP contribution < -0.4 is 20.2 Å². The van der Waals surface area contributed by atoms with Gasteiger partial charge < -0.3 is 18.6 Å². The molecule has 2 aromatic heterocycles. The monoisotopic (exact) mass is 1040 g/mol. The summed E-state index contributed by atoms with van der Waals surface area (Å²) in [6.45, 7) is 6.50. The number of fused-ring (bicyclic) bond motifs is 10. The molecule has 5 aromatic carbocycles. The van der Waals surface area contributed by atoms with Gasteiger partial charge in [0.15, 0.2) is 23.0 Å². The predicted octanol–water partition coefficient (Wildman–Crippen LogP) is 21.8. The summed E-state index contributed by atoms with van der Waals surface area (Å²) in [4.78, 5) is 10.3. The van der Waals surface area contributed by atoms with Crippen molar-refractivity contribution in [3.8, 4) is 23.0 Å². The lowest BCUT2D eigenvalue weighted by atomic mass is 10.0. The normalized spacial score (nSPS) is 12.7. The zero-order valence-corrected chi connectivity index (χ0v) is 46.8. The molecule has 0 amide bonds. The van der Waals surface area contributed by atoms with E-state index in [-0.39, 0.29) is 0 Å². The maximum absolute atomic E-state index is 7.29. The van der Waals surface area contributed by atoms with Crippen LogP contribution in [0.3, 0.4) is 0 Å². The summed E-state index contributed by atoms with van der Waals surface area (Å²) in [6.07, 6.45) is 43.7. The van der Waals surface area contributed by atoms with Crippen molar-refractivity contribution < 1.29 is 9.47 Å². The zero-order chi connectivity index (χ0) is 50.9. The second-order valence-corrected chi connectivity index (χ2v) is 22.8. The van der Waals surface area contributed by atoms with E-state index in [0.717, 1.165) is 59.1 Å². The van der Waals surface area contributed by atoms with E-state index in [9.17, 15) is 0 Å². The number of aryl methyl sites for hydroxylation is 2. The van der Waals surface area contributed by atoms with Crippen LogP contribution in [0.15, 0.2) is 82.8 Å². The second-order valence-electron chi connectivity index (χ2n) is 22.0. The highest BCUT2D eigenvalue weighted by molar-refractivity contribution is 6.35. The molecule has 0 fully saturated rings. The number of benzene rings is 5. The van der Waals surface area contributed by atoms with Gasteiger partial charge in [-0.3, -0.25) is 0 Å². The minimum absolute atomic E-state index is 0.347. The third-order valence-corrected chi connectivity index (χ3v) is 17.0. The Labute approximate surface area is 453 Å². The van der Waals surface area contributed by atoms with Gasteiger partial charge >= 0.3 is 0 Å². The number of hydrogen-bond acceptors (Lipinski definition) is 4. The Morgan fingerprint density at radius 3 is 0.973 bits per heavy atom. The Balaban J connectivity index is 0.819. The van der Waals surface area contributed by atoms with Crippen LogP contribution in [0.5, 0.6) is 23.0 Å². The summed E-state index contributed by atoms with van der Waals surface area (Å²) < 4.78 is 18.4. The van der Waals surface area contributed by atoms with Crippen molar-refractivity contribution in [1.82, 2.24) is 9.13 Å². The Morgan fingerprint density at radius 2 is 0.649 bits per heavy atom. The zero-order valence-electron chi connectivity index (χ0n) is 45.3. The van der Waals surface area contributed by atoms with Gasteiger partial charge in [0.1, 0.15) is 32.1 Å². The van der Waals surface area contributed by atoms with Crippen molar-refractivity contribution >= 4 is 78.2 Å². The van der Waals surface area contributed by atoms with Gasteiger partial charge in [0.25, 0.3) is 0 Å². The minimum atomic E-state index is 0.347. The van der Waals surface area contributed by atoms with E-state index in [1.54, 1.807) is 0 Å². The van der Waals surface area contributed by atoms with Crippen LogP contribution in [-0.2, 0) is 13.1 Å². The number of aromatic nitrogens is 2. The molecule has 0 atom stereocenters. The molecule has 6 nitrogen and oxygen atoms in total. The van der Waals surface area contributed by atoms with Crippen molar-refractivity contribution in [2.75, 3.05) is 0 Å². The van der Waals surface area contributed by atoms with Crippen LogP contribution in [0.25, 0.3) is 43.6 Å². The molecule has 0 spiro atoms. The summed E-state index contributed by atoms with van der Waals surface area (Å²) in [7, 11) is 0. The maximum Gasteiger partial charge on any atom is 0.175 e. The van der Waals surface area contributed by atoms with E-state index in [0.29, 0.717) is 43.8 Å². The van der Waals surface area contributed by atoms with Crippen LogP contribution in [-0.4, -0.2) is 9.13 Å². The van der Waals surface area contributed by atoms with E-state index in [1.807, 2.05) is 0 Å². The molecule has 0 radical (unpaired) electrons. The number of para-hydroxylation sites is 2. The van der Waals surface area contributed by atoms with Crippen molar-refractivity contribution in [1.29, 1.82) is 0 Å². The lowest BCUT2D eigenvalue weighted by Crippen LogP contribution is -2.22. The predicted molar refractivity (Wildman–Crippen MR) is 316 cm³/mol. The number of halogens is 2. The molecule has 0 unspecified atom stereocenters. The smallest absolute Gasteiger partial charge is 0.175 e. The van der Waals surface area contributed by atoms with Crippen LogP contribution in [0, 0.1) is 0 Å². The summed E-state index contributed by atoms with van der Waals surface area (Å²) in [5, 5.41) is 6.38. The van der Waals surface area contributed by atoms with E-state index in [4.69, 9.17) is 42.7 Å². The van der Waals surface area contributed by atoms with Gasteiger partial charge in [-0.25, -0.2) is 9.98 Å². The first kappa shape index (κ1) is 54.3. The Bertz CT molecular complexity index is 2850.